The number of hydroxylamine groups is 2. The summed E-state index contributed by atoms with van der Waals surface area (Å²) in [5.41, 5.74) is 0.930. The van der Waals surface area contributed by atoms with Crippen LogP contribution >= 0.6 is 11.6 Å². The summed E-state index contributed by atoms with van der Waals surface area (Å²) in [5, 5.41) is 1.14. The third-order valence-corrected chi connectivity index (χ3v) is 3.50. The zero-order valence-electron chi connectivity index (χ0n) is 11.3. The Balaban J connectivity index is 1.70. The maximum absolute atomic E-state index is 12.1. The van der Waals surface area contributed by atoms with Crippen LogP contribution in [-0.2, 0) is 4.84 Å². The smallest absolute Gasteiger partial charge is 0.285 e. The summed E-state index contributed by atoms with van der Waals surface area (Å²) in [5.74, 6) is -1.48. The van der Waals surface area contributed by atoms with Crippen molar-refractivity contribution >= 4 is 29.2 Å². The van der Waals surface area contributed by atoms with E-state index in [1.165, 1.54) is 0 Å². The number of ketones is 1. The van der Waals surface area contributed by atoms with Crippen LogP contribution in [0.25, 0.3) is 0 Å². The van der Waals surface area contributed by atoms with Crippen molar-refractivity contribution in [3.63, 3.8) is 0 Å². The average Bonchev–Trinajstić information content (AvgIpc) is 2.78. The van der Waals surface area contributed by atoms with Gasteiger partial charge in [-0.25, -0.2) is 0 Å². The van der Waals surface area contributed by atoms with Gasteiger partial charge in [-0.15, -0.1) is 5.06 Å². The molecule has 6 heteroatoms. The van der Waals surface area contributed by atoms with Gasteiger partial charge in [-0.2, -0.15) is 0 Å². The number of carbonyl (C=O) groups is 3. The van der Waals surface area contributed by atoms with E-state index in [1.54, 1.807) is 48.5 Å². The number of rotatable bonds is 4. The molecule has 0 bridgehead atoms. The molecule has 110 valence electrons. The van der Waals surface area contributed by atoms with E-state index in [2.05, 4.69) is 0 Å². The van der Waals surface area contributed by atoms with Crippen LogP contribution in [0.3, 0.4) is 0 Å². The summed E-state index contributed by atoms with van der Waals surface area (Å²) in [4.78, 5) is 41.2. The van der Waals surface area contributed by atoms with E-state index < -0.39 is 18.4 Å². The normalized spacial score (nSPS) is 13.4. The van der Waals surface area contributed by atoms with Gasteiger partial charge in [-0.1, -0.05) is 23.7 Å². The molecule has 0 saturated carbocycles. The summed E-state index contributed by atoms with van der Waals surface area (Å²) in [6, 6.07) is 12.7. The van der Waals surface area contributed by atoms with E-state index in [4.69, 9.17) is 16.4 Å². The highest BCUT2D eigenvalue weighted by molar-refractivity contribution is 6.30. The third-order valence-electron chi connectivity index (χ3n) is 3.25. The molecule has 1 aliphatic rings. The minimum atomic E-state index is -0.565. The summed E-state index contributed by atoms with van der Waals surface area (Å²) >= 11 is 5.75. The lowest BCUT2D eigenvalue weighted by Crippen LogP contribution is -2.32. The first-order chi connectivity index (χ1) is 10.6. The number of benzene rings is 2. The summed E-state index contributed by atoms with van der Waals surface area (Å²) in [6.07, 6.45) is 0. The maximum atomic E-state index is 12.1. The molecule has 2 aromatic rings. The van der Waals surface area contributed by atoms with Crippen molar-refractivity contribution in [3.05, 3.63) is 70.2 Å². The zero-order valence-corrected chi connectivity index (χ0v) is 12.0. The first-order valence-electron chi connectivity index (χ1n) is 6.47. The Bertz CT molecular complexity index is 735. The molecular weight excluding hydrogens is 306 g/mol. The van der Waals surface area contributed by atoms with Crippen LogP contribution in [0.5, 0.6) is 0 Å². The fourth-order valence-corrected chi connectivity index (χ4v) is 2.25. The lowest BCUT2D eigenvalue weighted by Gasteiger charge is -2.12. The van der Waals surface area contributed by atoms with Crippen LogP contribution in [-0.4, -0.2) is 29.3 Å². The third kappa shape index (κ3) is 2.52. The molecule has 2 aromatic carbocycles. The maximum Gasteiger partial charge on any atom is 0.285 e. The molecule has 0 unspecified atom stereocenters. The molecule has 2 amide bonds. The number of fused-ring (bicyclic) bond motifs is 1. The number of hydrogen-bond acceptors (Lipinski definition) is 4. The van der Waals surface area contributed by atoms with E-state index in [-0.39, 0.29) is 16.9 Å². The number of halogens is 1. The van der Waals surface area contributed by atoms with Crippen molar-refractivity contribution in [3.8, 4) is 0 Å². The van der Waals surface area contributed by atoms with Gasteiger partial charge in [0.2, 0.25) is 0 Å². The van der Waals surface area contributed by atoms with E-state index in [1.807, 2.05) is 0 Å². The molecule has 0 atom stereocenters. The topological polar surface area (TPSA) is 63.7 Å². The molecule has 0 N–H and O–H groups in total. The average molecular weight is 316 g/mol. The predicted octanol–water partition coefficient (Wildman–Crippen LogP) is 2.75. The molecule has 0 aliphatic carbocycles. The Hall–Kier alpha value is -2.50. The zero-order chi connectivity index (χ0) is 15.7. The van der Waals surface area contributed by atoms with E-state index in [0.29, 0.717) is 15.6 Å². The Labute approximate surface area is 131 Å². The molecule has 22 heavy (non-hydrogen) atoms. The first kappa shape index (κ1) is 14.4. The first-order valence-corrected chi connectivity index (χ1v) is 6.85. The summed E-state index contributed by atoms with van der Waals surface area (Å²) in [6.45, 7) is -0.410. The van der Waals surface area contributed by atoms with Gasteiger partial charge in [0.15, 0.2) is 5.78 Å². The number of hydrogen-bond donors (Lipinski definition) is 0. The molecule has 0 radical (unpaired) electrons. The van der Waals surface area contributed by atoms with Crippen LogP contribution < -0.4 is 0 Å². The minimum absolute atomic E-state index is 0.270. The molecular formula is C16H10ClNO4. The summed E-state index contributed by atoms with van der Waals surface area (Å²) < 4.78 is 0. The second-order valence-corrected chi connectivity index (χ2v) is 5.09. The van der Waals surface area contributed by atoms with Gasteiger partial charge in [-0.05, 0) is 36.4 Å². The molecule has 0 aromatic heterocycles. The minimum Gasteiger partial charge on any atom is -0.291 e. The van der Waals surface area contributed by atoms with Crippen molar-refractivity contribution in [1.29, 1.82) is 0 Å². The van der Waals surface area contributed by atoms with Crippen LogP contribution in [0.15, 0.2) is 48.5 Å². The number of carbonyl (C=O) groups excluding carboxylic acids is 3. The van der Waals surface area contributed by atoms with Crippen molar-refractivity contribution in [1.82, 2.24) is 5.06 Å². The van der Waals surface area contributed by atoms with Gasteiger partial charge in [0.05, 0.1) is 11.1 Å². The van der Waals surface area contributed by atoms with Gasteiger partial charge < -0.3 is 0 Å². The largest absolute Gasteiger partial charge is 0.291 e. The molecule has 0 spiro atoms. The monoisotopic (exact) mass is 315 g/mol. The molecule has 1 heterocycles. The lowest BCUT2D eigenvalue weighted by molar-refractivity contribution is -0.0817. The van der Waals surface area contributed by atoms with Crippen LogP contribution in [0.1, 0.15) is 31.1 Å². The van der Waals surface area contributed by atoms with Gasteiger partial charge >= 0.3 is 0 Å². The molecule has 1 aliphatic heterocycles. The van der Waals surface area contributed by atoms with Crippen LogP contribution in [0.4, 0.5) is 0 Å². The predicted molar refractivity (Wildman–Crippen MR) is 78.7 cm³/mol. The van der Waals surface area contributed by atoms with Crippen molar-refractivity contribution < 1.29 is 19.2 Å². The molecule has 0 saturated heterocycles. The van der Waals surface area contributed by atoms with Gasteiger partial charge in [0.1, 0.15) is 6.61 Å². The van der Waals surface area contributed by atoms with Crippen LogP contribution in [0.2, 0.25) is 5.02 Å². The highest BCUT2D eigenvalue weighted by atomic mass is 35.5. The highest BCUT2D eigenvalue weighted by Crippen LogP contribution is 2.22. The summed E-state index contributed by atoms with van der Waals surface area (Å²) in [7, 11) is 0. The van der Waals surface area contributed by atoms with Gasteiger partial charge in [0, 0.05) is 10.6 Å². The standard InChI is InChI=1S/C16H10ClNO4/c17-11-7-5-10(6-8-11)14(19)9-22-18-15(20)12-3-1-2-4-13(12)16(18)21/h1-8H,9H2. The van der Waals surface area contributed by atoms with Crippen molar-refractivity contribution in [2.45, 2.75) is 0 Å². The van der Waals surface area contributed by atoms with E-state index >= 15 is 0 Å². The van der Waals surface area contributed by atoms with Gasteiger partial charge in [-0.3, -0.25) is 19.2 Å². The Morgan fingerprint density at radius 2 is 1.50 bits per heavy atom. The number of nitrogens with zero attached hydrogens (tertiary/aromatic N) is 1. The van der Waals surface area contributed by atoms with Crippen molar-refractivity contribution in [2.75, 3.05) is 6.61 Å². The molecule has 5 nitrogen and oxygen atoms in total. The van der Waals surface area contributed by atoms with Crippen LogP contribution in [0, 0.1) is 0 Å². The fraction of sp³-hybridized carbons (Fsp3) is 0.0625. The lowest BCUT2D eigenvalue weighted by atomic mass is 10.1. The molecule has 3 rings (SSSR count). The fourth-order valence-electron chi connectivity index (χ4n) is 2.13. The number of Topliss-reactive ketones (excluding diaryl/α,β-unsaturated/α-hetero) is 1. The highest BCUT2D eigenvalue weighted by Gasteiger charge is 2.36. The second kappa shape index (κ2) is 5.71. The SMILES string of the molecule is O=C(CON1C(=O)c2ccccc2C1=O)c1ccc(Cl)cc1. The second-order valence-electron chi connectivity index (χ2n) is 4.65. The molecule has 0 fully saturated rings. The Kier molecular flexibility index (Phi) is 3.75. The van der Waals surface area contributed by atoms with Gasteiger partial charge in [0.25, 0.3) is 11.8 Å². The Morgan fingerprint density at radius 3 is 2.05 bits per heavy atom. The number of amides is 2. The van der Waals surface area contributed by atoms with E-state index in [9.17, 15) is 14.4 Å². The van der Waals surface area contributed by atoms with Crippen molar-refractivity contribution in [2.24, 2.45) is 0 Å². The Morgan fingerprint density at radius 1 is 0.955 bits per heavy atom. The van der Waals surface area contributed by atoms with E-state index in [0.717, 1.165) is 0 Å². The number of imide groups is 1. The quantitative estimate of drug-likeness (QED) is 0.643.